The molecule has 0 aliphatic rings. The lowest BCUT2D eigenvalue weighted by molar-refractivity contribution is 0.167. The highest BCUT2D eigenvalue weighted by Gasteiger charge is 2.01. The molecule has 0 saturated heterocycles. The monoisotopic (exact) mass is 196 g/mol. The van der Waals surface area contributed by atoms with Crippen LogP contribution in [0.1, 0.15) is 26.0 Å². The minimum absolute atomic E-state index is 0.222. The molecule has 2 N–H and O–H groups in total. The van der Waals surface area contributed by atoms with Crippen molar-refractivity contribution >= 4 is 0 Å². The summed E-state index contributed by atoms with van der Waals surface area (Å²) in [5, 5.41) is 12.6. The van der Waals surface area contributed by atoms with Gasteiger partial charge in [-0.15, -0.1) is 0 Å². The normalized spacial score (nSPS) is 13.1. The van der Waals surface area contributed by atoms with Gasteiger partial charge >= 0.3 is 0 Å². The molecule has 1 rings (SSSR count). The van der Waals surface area contributed by atoms with E-state index in [4.69, 9.17) is 0 Å². The van der Waals surface area contributed by atoms with E-state index in [-0.39, 0.29) is 6.10 Å². The summed E-state index contributed by atoms with van der Waals surface area (Å²) in [6.45, 7) is 6.62. The second-order valence-corrected chi connectivity index (χ2v) is 3.48. The molecule has 0 aromatic carbocycles. The van der Waals surface area contributed by atoms with Gasteiger partial charge in [-0.25, -0.2) is 0 Å². The number of rotatable bonds is 6. The summed E-state index contributed by atoms with van der Waals surface area (Å²) in [5.41, 5.74) is 1.27. The maximum atomic E-state index is 9.34. The number of hydrogen-bond donors (Lipinski definition) is 2. The van der Waals surface area contributed by atoms with Gasteiger partial charge in [0.25, 0.3) is 0 Å². The molecule has 1 atom stereocenters. The van der Waals surface area contributed by atoms with E-state index in [0.29, 0.717) is 6.54 Å². The largest absolute Gasteiger partial charge is 0.392 e. The fraction of sp³-hybridized carbons (Fsp3) is 0.636. The zero-order chi connectivity index (χ0) is 10.4. The van der Waals surface area contributed by atoms with Crippen molar-refractivity contribution in [1.29, 1.82) is 0 Å². The second-order valence-electron chi connectivity index (χ2n) is 3.48. The lowest BCUT2D eigenvalue weighted by atomic mass is 10.3. The molecular weight excluding hydrogens is 176 g/mol. The molecule has 0 amide bonds. The summed E-state index contributed by atoms with van der Waals surface area (Å²) in [6.07, 6.45) is 2.66. The highest BCUT2D eigenvalue weighted by Crippen LogP contribution is 2.01. The maximum Gasteiger partial charge on any atom is 0.0662 e. The van der Waals surface area contributed by atoms with Crippen LogP contribution in [0.2, 0.25) is 0 Å². The summed E-state index contributed by atoms with van der Waals surface area (Å²) in [6, 6.07) is 4.16. The van der Waals surface area contributed by atoms with Crippen LogP contribution in [0.5, 0.6) is 0 Å². The van der Waals surface area contributed by atoms with Crippen LogP contribution in [0.4, 0.5) is 0 Å². The number of hydrogen-bond acceptors (Lipinski definition) is 2. The predicted octanol–water partition coefficient (Wildman–Crippen LogP) is 1.37. The van der Waals surface area contributed by atoms with Gasteiger partial charge in [0.15, 0.2) is 0 Å². The average Bonchev–Trinajstić information content (AvgIpc) is 2.65. The van der Waals surface area contributed by atoms with Gasteiger partial charge in [0.1, 0.15) is 0 Å². The summed E-state index contributed by atoms with van der Waals surface area (Å²) in [5.74, 6) is 0. The third kappa shape index (κ3) is 3.16. The third-order valence-electron chi connectivity index (χ3n) is 2.42. The Kier molecular flexibility index (Phi) is 4.70. The molecule has 0 aliphatic carbocycles. The van der Waals surface area contributed by atoms with Crippen molar-refractivity contribution in [1.82, 2.24) is 9.88 Å². The van der Waals surface area contributed by atoms with Gasteiger partial charge in [-0.1, -0.05) is 6.92 Å². The van der Waals surface area contributed by atoms with Crippen LogP contribution in [-0.2, 0) is 13.1 Å². The van der Waals surface area contributed by atoms with Crippen molar-refractivity contribution in [3.8, 4) is 0 Å². The van der Waals surface area contributed by atoms with Gasteiger partial charge < -0.3 is 15.0 Å². The van der Waals surface area contributed by atoms with E-state index < -0.39 is 0 Å². The molecule has 0 aliphatic heterocycles. The van der Waals surface area contributed by atoms with E-state index in [9.17, 15) is 5.11 Å². The number of nitrogens with one attached hydrogen (secondary N) is 1. The van der Waals surface area contributed by atoms with Gasteiger partial charge in [-0.3, -0.25) is 0 Å². The van der Waals surface area contributed by atoms with Gasteiger partial charge in [-0.2, -0.15) is 0 Å². The number of nitrogens with zero attached hydrogens (tertiary/aromatic N) is 1. The topological polar surface area (TPSA) is 37.2 Å². The second kappa shape index (κ2) is 5.83. The number of aryl methyl sites for hydroxylation is 1. The van der Waals surface area contributed by atoms with Crippen LogP contribution in [0.3, 0.4) is 0 Å². The summed E-state index contributed by atoms with van der Waals surface area (Å²) in [4.78, 5) is 0. The molecule has 0 fully saturated rings. The fourth-order valence-electron chi connectivity index (χ4n) is 1.43. The third-order valence-corrected chi connectivity index (χ3v) is 2.42. The molecule has 1 heterocycles. The van der Waals surface area contributed by atoms with E-state index in [1.807, 2.05) is 6.92 Å². The molecule has 3 heteroatoms. The SMILES string of the molecule is CCC(O)CNCc1cccn1CC. The van der Waals surface area contributed by atoms with Crippen molar-refractivity contribution in [3.63, 3.8) is 0 Å². The summed E-state index contributed by atoms with van der Waals surface area (Å²) >= 11 is 0. The molecule has 3 nitrogen and oxygen atoms in total. The molecule has 80 valence electrons. The Labute approximate surface area is 85.7 Å². The Bertz CT molecular complexity index is 258. The van der Waals surface area contributed by atoms with Crippen LogP contribution in [-0.4, -0.2) is 22.3 Å². The predicted molar refractivity (Wildman–Crippen MR) is 58.1 cm³/mol. The summed E-state index contributed by atoms with van der Waals surface area (Å²) < 4.78 is 2.20. The molecule has 14 heavy (non-hydrogen) atoms. The van der Waals surface area contributed by atoms with Crippen LogP contribution < -0.4 is 5.32 Å². The van der Waals surface area contributed by atoms with Crippen molar-refractivity contribution in [2.75, 3.05) is 6.54 Å². The smallest absolute Gasteiger partial charge is 0.0662 e. The first-order valence-electron chi connectivity index (χ1n) is 5.30. The maximum absolute atomic E-state index is 9.34. The average molecular weight is 196 g/mol. The number of aliphatic hydroxyl groups is 1. The molecule has 0 radical (unpaired) electrons. The minimum Gasteiger partial charge on any atom is -0.392 e. The van der Waals surface area contributed by atoms with Gasteiger partial charge in [-0.05, 0) is 25.5 Å². The number of aliphatic hydroxyl groups excluding tert-OH is 1. The van der Waals surface area contributed by atoms with E-state index in [1.165, 1.54) is 5.69 Å². The first kappa shape index (κ1) is 11.3. The van der Waals surface area contributed by atoms with Crippen LogP contribution in [0.25, 0.3) is 0 Å². The first-order chi connectivity index (χ1) is 6.77. The number of aromatic nitrogens is 1. The van der Waals surface area contributed by atoms with Gasteiger partial charge in [0, 0.05) is 31.5 Å². The molecule has 1 aromatic rings. The molecule has 0 saturated carbocycles. The van der Waals surface area contributed by atoms with E-state index in [2.05, 4.69) is 35.1 Å². The zero-order valence-corrected chi connectivity index (χ0v) is 9.03. The standard InChI is InChI=1S/C11H20N2O/c1-3-11(14)9-12-8-10-6-5-7-13(10)4-2/h5-7,11-12,14H,3-4,8-9H2,1-2H3. The molecule has 0 bridgehead atoms. The van der Waals surface area contributed by atoms with Crippen molar-refractivity contribution in [2.45, 2.75) is 39.5 Å². The molecule has 0 spiro atoms. The minimum atomic E-state index is -0.222. The van der Waals surface area contributed by atoms with Crippen LogP contribution in [0, 0.1) is 0 Å². The molecule has 1 aromatic heterocycles. The fourth-order valence-corrected chi connectivity index (χ4v) is 1.43. The Morgan fingerprint density at radius 3 is 2.93 bits per heavy atom. The van der Waals surface area contributed by atoms with Crippen molar-refractivity contribution in [2.24, 2.45) is 0 Å². The lowest BCUT2D eigenvalue weighted by Crippen LogP contribution is -2.26. The van der Waals surface area contributed by atoms with Crippen molar-refractivity contribution in [3.05, 3.63) is 24.0 Å². The Morgan fingerprint density at radius 2 is 2.29 bits per heavy atom. The van der Waals surface area contributed by atoms with Gasteiger partial charge in [0.2, 0.25) is 0 Å². The highest BCUT2D eigenvalue weighted by atomic mass is 16.3. The Morgan fingerprint density at radius 1 is 1.50 bits per heavy atom. The lowest BCUT2D eigenvalue weighted by Gasteiger charge is -2.10. The Hall–Kier alpha value is -0.800. The van der Waals surface area contributed by atoms with E-state index in [0.717, 1.165) is 19.5 Å². The highest BCUT2D eigenvalue weighted by molar-refractivity contribution is 5.06. The van der Waals surface area contributed by atoms with Gasteiger partial charge in [0.05, 0.1) is 6.10 Å². The molecular formula is C11H20N2O. The Balaban J connectivity index is 2.31. The van der Waals surface area contributed by atoms with E-state index >= 15 is 0 Å². The van der Waals surface area contributed by atoms with Crippen LogP contribution >= 0.6 is 0 Å². The zero-order valence-electron chi connectivity index (χ0n) is 9.03. The van der Waals surface area contributed by atoms with Crippen molar-refractivity contribution < 1.29 is 5.11 Å². The van der Waals surface area contributed by atoms with Crippen LogP contribution in [0.15, 0.2) is 18.3 Å². The summed E-state index contributed by atoms with van der Waals surface area (Å²) in [7, 11) is 0. The van der Waals surface area contributed by atoms with E-state index in [1.54, 1.807) is 0 Å². The first-order valence-corrected chi connectivity index (χ1v) is 5.30. The molecule has 1 unspecified atom stereocenters. The quantitative estimate of drug-likeness (QED) is 0.721.